The zero-order valence-electron chi connectivity index (χ0n) is 16.0. The Bertz CT molecular complexity index is 934. The van der Waals surface area contributed by atoms with Gasteiger partial charge in [0.15, 0.2) is 0 Å². The highest BCUT2D eigenvalue weighted by molar-refractivity contribution is 9.10. The van der Waals surface area contributed by atoms with Crippen molar-refractivity contribution in [3.8, 4) is 5.75 Å². The van der Waals surface area contributed by atoms with Gasteiger partial charge in [-0.1, -0.05) is 41.9 Å². The Labute approximate surface area is 172 Å². The number of ketones is 1. The highest BCUT2D eigenvalue weighted by atomic mass is 79.9. The van der Waals surface area contributed by atoms with Gasteiger partial charge < -0.3 is 14.7 Å². The number of ether oxygens (including phenoxy) is 1. The van der Waals surface area contributed by atoms with Crippen molar-refractivity contribution in [3.63, 3.8) is 0 Å². The number of likely N-dealkylation sites (tertiary alicyclic amines) is 1. The van der Waals surface area contributed by atoms with Gasteiger partial charge in [-0.2, -0.15) is 0 Å². The van der Waals surface area contributed by atoms with Crippen molar-refractivity contribution >= 4 is 33.4 Å². The van der Waals surface area contributed by atoms with Crippen molar-refractivity contribution < 1.29 is 19.4 Å². The zero-order chi connectivity index (χ0) is 20.4. The monoisotopic (exact) mass is 443 g/mol. The van der Waals surface area contributed by atoms with Crippen molar-refractivity contribution in [1.29, 1.82) is 0 Å². The minimum atomic E-state index is -0.690. The first-order chi connectivity index (χ1) is 13.3. The normalized spacial score (nSPS) is 18.8. The van der Waals surface area contributed by atoms with Crippen LogP contribution in [0.2, 0.25) is 0 Å². The number of nitrogens with zero attached hydrogens (tertiary/aromatic N) is 1. The second-order valence-electron chi connectivity index (χ2n) is 7.19. The fourth-order valence-corrected chi connectivity index (χ4v) is 3.56. The van der Waals surface area contributed by atoms with Crippen molar-refractivity contribution in [2.45, 2.75) is 19.9 Å². The van der Waals surface area contributed by atoms with Crippen LogP contribution in [0.1, 0.15) is 31.0 Å². The van der Waals surface area contributed by atoms with E-state index < -0.39 is 17.7 Å². The van der Waals surface area contributed by atoms with Crippen LogP contribution in [0.25, 0.3) is 5.76 Å². The maximum Gasteiger partial charge on any atom is 0.295 e. The molecule has 1 aliphatic heterocycles. The smallest absolute Gasteiger partial charge is 0.295 e. The topological polar surface area (TPSA) is 66.8 Å². The van der Waals surface area contributed by atoms with Gasteiger partial charge in [0.1, 0.15) is 11.5 Å². The van der Waals surface area contributed by atoms with Gasteiger partial charge in [0.05, 0.1) is 18.2 Å². The van der Waals surface area contributed by atoms with E-state index in [0.29, 0.717) is 23.8 Å². The summed E-state index contributed by atoms with van der Waals surface area (Å²) in [5, 5.41) is 10.9. The predicted molar refractivity (Wildman–Crippen MR) is 111 cm³/mol. The number of rotatable bonds is 5. The molecule has 0 aromatic heterocycles. The van der Waals surface area contributed by atoms with Crippen LogP contribution in [-0.2, 0) is 9.59 Å². The van der Waals surface area contributed by atoms with Crippen LogP contribution in [-0.4, -0.2) is 35.4 Å². The first-order valence-corrected chi connectivity index (χ1v) is 9.82. The van der Waals surface area contributed by atoms with Crippen LogP contribution in [0, 0.1) is 5.92 Å². The van der Waals surface area contributed by atoms with Crippen LogP contribution < -0.4 is 4.74 Å². The lowest BCUT2D eigenvalue weighted by Gasteiger charge is -2.21. The van der Waals surface area contributed by atoms with E-state index in [-0.39, 0.29) is 11.3 Å². The van der Waals surface area contributed by atoms with E-state index in [0.717, 1.165) is 10.0 Å². The Balaban J connectivity index is 2.00. The molecule has 6 heteroatoms. The molecule has 0 radical (unpaired) electrons. The summed E-state index contributed by atoms with van der Waals surface area (Å²) in [6.45, 7) is 4.72. The molecule has 3 rings (SSSR count). The number of halogens is 1. The molecule has 1 heterocycles. The lowest BCUT2D eigenvalue weighted by molar-refractivity contribution is -0.139. The lowest BCUT2D eigenvalue weighted by Crippen LogP contribution is -2.24. The highest BCUT2D eigenvalue weighted by Crippen LogP contribution is 2.39. The number of benzene rings is 2. The average molecular weight is 444 g/mol. The summed E-state index contributed by atoms with van der Waals surface area (Å²) in [5.74, 6) is -0.430. The predicted octanol–water partition coefficient (Wildman–Crippen LogP) is 4.54. The Morgan fingerprint density at radius 1 is 1.18 bits per heavy atom. The Hall–Kier alpha value is -2.60. The average Bonchev–Trinajstić information content (AvgIpc) is 2.90. The molecule has 0 unspecified atom stereocenters. The molecule has 2 aromatic carbocycles. The molecule has 0 aliphatic carbocycles. The number of Topliss-reactive ketones (excluding diaryl/α,β-unsaturated/α-hetero) is 1. The third kappa shape index (κ3) is 3.97. The highest BCUT2D eigenvalue weighted by Gasteiger charge is 2.44. The second-order valence-corrected chi connectivity index (χ2v) is 8.11. The van der Waals surface area contributed by atoms with Crippen LogP contribution in [0.5, 0.6) is 5.75 Å². The molecule has 5 nitrogen and oxygen atoms in total. The molecule has 1 fully saturated rings. The van der Waals surface area contributed by atoms with Gasteiger partial charge in [0.2, 0.25) is 0 Å². The van der Waals surface area contributed by atoms with Gasteiger partial charge in [-0.25, -0.2) is 0 Å². The summed E-state index contributed by atoms with van der Waals surface area (Å²) in [6.07, 6.45) is 0. The number of hydrogen-bond donors (Lipinski definition) is 1. The van der Waals surface area contributed by atoms with Gasteiger partial charge in [-0.15, -0.1) is 0 Å². The van der Waals surface area contributed by atoms with Gasteiger partial charge in [0, 0.05) is 17.1 Å². The van der Waals surface area contributed by atoms with E-state index in [9.17, 15) is 14.7 Å². The van der Waals surface area contributed by atoms with E-state index in [1.165, 1.54) is 4.90 Å². The molecule has 146 valence electrons. The SMILES string of the molecule is CC(C)COc1ccc(C(O)=C2C(=O)C(=O)N(C)[C@@H]2c2cccc(Br)c2)cc1. The van der Waals surface area contributed by atoms with Crippen LogP contribution in [0.4, 0.5) is 0 Å². The molecule has 1 amide bonds. The second kappa shape index (κ2) is 8.19. The summed E-state index contributed by atoms with van der Waals surface area (Å²) in [6, 6.07) is 13.6. The summed E-state index contributed by atoms with van der Waals surface area (Å²) in [5.41, 5.74) is 1.29. The number of aliphatic hydroxyl groups is 1. The number of amides is 1. The summed E-state index contributed by atoms with van der Waals surface area (Å²) >= 11 is 3.41. The maximum atomic E-state index is 12.6. The Kier molecular flexibility index (Phi) is 5.89. The van der Waals surface area contributed by atoms with Crippen molar-refractivity contribution in [2.24, 2.45) is 5.92 Å². The number of hydrogen-bond acceptors (Lipinski definition) is 4. The number of carbonyl (C=O) groups is 2. The van der Waals surface area contributed by atoms with E-state index in [4.69, 9.17) is 4.74 Å². The molecule has 0 bridgehead atoms. The fraction of sp³-hybridized carbons (Fsp3) is 0.273. The zero-order valence-corrected chi connectivity index (χ0v) is 17.6. The number of likely N-dealkylation sites (N-methyl/N-ethyl adjacent to an activating group) is 1. The third-order valence-corrected chi connectivity index (χ3v) is 5.04. The molecule has 1 atom stereocenters. The molecule has 1 aliphatic rings. The van der Waals surface area contributed by atoms with Gasteiger partial charge in [0.25, 0.3) is 11.7 Å². The largest absolute Gasteiger partial charge is 0.507 e. The summed E-state index contributed by atoms with van der Waals surface area (Å²) in [7, 11) is 1.56. The molecular formula is C22H22BrNO4. The number of aliphatic hydroxyl groups excluding tert-OH is 1. The van der Waals surface area contributed by atoms with Crippen molar-refractivity contribution in [3.05, 3.63) is 69.7 Å². The number of carbonyl (C=O) groups excluding carboxylic acids is 2. The van der Waals surface area contributed by atoms with Crippen molar-refractivity contribution in [2.75, 3.05) is 13.7 Å². The van der Waals surface area contributed by atoms with Crippen LogP contribution in [0.3, 0.4) is 0 Å². The quantitative estimate of drug-likeness (QED) is 0.418. The third-order valence-electron chi connectivity index (χ3n) is 4.55. The van der Waals surface area contributed by atoms with Gasteiger partial charge in [-0.05, 0) is 47.9 Å². The summed E-state index contributed by atoms with van der Waals surface area (Å²) < 4.78 is 6.48. The Morgan fingerprint density at radius 3 is 2.46 bits per heavy atom. The lowest BCUT2D eigenvalue weighted by atomic mass is 9.95. The van der Waals surface area contributed by atoms with E-state index in [2.05, 4.69) is 29.8 Å². The first kappa shape index (κ1) is 20.1. The molecular weight excluding hydrogens is 422 g/mol. The minimum absolute atomic E-state index is 0.0847. The molecule has 0 spiro atoms. The maximum absolute atomic E-state index is 12.6. The first-order valence-electron chi connectivity index (χ1n) is 9.03. The van der Waals surface area contributed by atoms with Gasteiger partial charge >= 0.3 is 0 Å². The molecule has 28 heavy (non-hydrogen) atoms. The van der Waals surface area contributed by atoms with Crippen LogP contribution in [0.15, 0.2) is 58.6 Å². The van der Waals surface area contributed by atoms with E-state index in [1.54, 1.807) is 31.3 Å². The summed E-state index contributed by atoms with van der Waals surface area (Å²) in [4.78, 5) is 26.3. The minimum Gasteiger partial charge on any atom is -0.507 e. The van der Waals surface area contributed by atoms with E-state index in [1.807, 2.05) is 24.3 Å². The fourth-order valence-electron chi connectivity index (χ4n) is 3.14. The standard InChI is InChI=1S/C22H22BrNO4/c1-13(2)12-28-17-9-7-14(8-10-17)20(25)18-19(24(3)22(27)21(18)26)15-5-4-6-16(23)11-15/h4-11,13,19,25H,12H2,1-3H3/t19-/m1/s1. The molecule has 2 aromatic rings. The molecule has 1 saturated heterocycles. The van der Waals surface area contributed by atoms with Gasteiger partial charge in [-0.3, -0.25) is 9.59 Å². The molecule has 0 saturated carbocycles. The van der Waals surface area contributed by atoms with E-state index >= 15 is 0 Å². The van der Waals surface area contributed by atoms with Crippen LogP contribution >= 0.6 is 15.9 Å². The van der Waals surface area contributed by atoms with Crippen molar-refractivity contribution in [1.82, 2.24) is 4.90 Å². The molecule has 1 N–H and O–H groups in total. The Morgan fingerprint density at radius 2 is 1.86 bits per heavy atom.